The standard InChI is InChI=1S/C12H17N3O/c1-4-10-11(5-1)14-8-15-12(10)16-7-9-3-2-6-13-9/h8-9,13H,1-7H2. The summed E-state index contributed by atoms with van der Waals surface area (Å²) in [4.78, 5) is 8.54. The van der Waals surface area contributed by atoms with E-state index >= 15 is 0 Å². The Morgan fingerprint density at radius 1 is 1.31 bits per heavy atom. The third-order valence-electron chi connectivity index (χ3n) is 3.42. The summed E-state index contributed by atoms with van der Waals surface area (Å²) in [5, 5.41) is 3.43. The molecule has 1 saturated heterocycles. The van der Waals surface area contributed by atoms with E-state index in [-0.39, 0.29) is 0 Å². The molecule has 0 amide bonds. The van der Waals surface area contributed by atoms with Crippen molar-refractivity contribution in [3.8, 4) is 5.88 Å². The number of fused-ring (bicyclic) bond motifs is 1. The fourth-order valence-electron chi connectivity index (χ4n) is 2.53. The SMILES string of the molecule is c1nc2c(c(OCC3CCCN3)n1)CCC2. The number of hydrogen-bond donors (Lipinski definition) is 1. The highest BCUT2D eigenvalue weighted by Gasteiger charge is 2.20. The van der Waals surface area contributed by atoms with Gasteiger partial charge in [-0.2, -0.15) is 0 Å². The highest BCUT2D eigenvalue weighted by Crippen LogP contribution is 2.26. The molecule has 16 heavy (non-hydrogen) atoms. The third-order valence-corrected chi connectivity index (χ3v) is 3.42. The van der Waals surface area contributed by atoms with Crippen molar-refractivity contribution in [2.75, 3.05) is 13.2 Å². The van der Waals surface area contributed by atoms with Gasteiger partial charge in [0.1, 0.15) is 12.9 Å². The first-order valence-corrected chi connectivity index (χ1v) is 6.12. The van der Waals surface area contributed by atoms with Gasteiger partial charge in [0.2, 0.25) is 5.88 Å². The van der Waals surface area contributed by atoms with E-state index in [2.05, 4.69) is 15.3 Å². The van der Waals surface area contributed by atoms with E-state index in [1.54, 1.807) is 6.33 Å². The summed E-state index contributed by atoms with van der Waals surface area (Å²) in [7, 11) is 0. The number of aromatic nitrogens is 2. The Balaban J connectivity index is 1.67. The van der Waals surface area contributed by atoms with E-state index in [0.717, 1.165) is 31.9 Å². The Hall–Kier alpha value is -1.16. The minimum absolute atomic E-state index is 0.506. The topological polar surface area (TPSA) is 47.0 Å². The van der Waals surface area contributed by atoms with Crippen molar-refractivity contribution in [1.82, 2.24) is 15.3 Å². The van der Waals surface area contributed by atoms with Gasteiger partial charge in [0.25, 0.3) is 0 Å². The molecule has 1 aliphatic heterocycles. The lowest BCUT2D eigenvalue weighted by molar-refractivity contribution is 0.264. The minimum Gasteiger partial charge on any atom is -0.476 e. The van der Waals surface area contributed by atoms with Gasteiger partial charge in [0.05, 0.1) is 5.69 Å². The highest BCUT2D eigenvalue weighted by atomic mass is 16.5. The molecule has 1 N–H and O–H groups in total. The van der Waals surface area contributed by atoms with Crippen molar-refractivity contribution in [2.45, 2.75) is 38.1 Å². The average molecular weight is 219 g/mol. The molecule has 86 valence electrons. The van der Waals surface area contributed by atoms with Crippen LogP contribution in [0.5, 0.6) is 5.88 Å². The molecule has 2 aliphatic rings. The Labute approximate surface area is 95.4 Å². The number of hydrogen-bond acceptors (Lipinski definition) is 4. The zero-order valence-electron chi connectivity index (χ0n) is 9.41. The first kappa shape index (κ1) is 10.0. The van der Waals surface area contributed by atoms with Crippen LogP contribution >= 0.6 is 0 Å². The van der Waals surface area contributed by atoms with Gasteiger partial charge in [-0.1, -0.05) is 0 Å². The monoisotopic (exact) mass is 219 g/mol. The summed E-state index contributed by atoms with van der Waals surface area (Å²) >= 11 is 0. The second-order valence-electron chi connectivity index (χ2n) is 4.56. The molecule has 1 aromatic rings. The zero-order chi connectivity index (χ0) is 10.8. The van der Waals surface area contributed by atoms with E-state index in [4.69, 9.17) is 4.74 Å². The van der Waals surface area contributed by atoms with Crippen LogP contribution in [0, 0.1) is 0 Å². The van der Waals surface area contributed by atoms with E-state index in [1.165, 1.54) is 30.5 Å². The molecule has 0 aromatic carbocycles. The van der Waals surface area contributed by atoms with Crippen LogP contribution in [0.2, 0.25) is 0 Å². The first-order valence-electron chi connectivity index (χ1n) is 6.12. The number of nitrogens with one attached hydrogen (secondary N) is 1. The third kappa shape index (κ3) is 1.89. The van der Waals surface area contributed by atoms with Crippen LogP contribution in [0.25, 0.3) is 0 Å². The molecule has 1 aromatic heterocycles. The molecule has 0 radical (unpaired) electrons. The molecule has 4 nitrogen and oxygen atoms in total. The van der Waals surface area contributed by atoms with E-state index in [1.807, 2.05) is 0 Å². The summed E-state index contributed by atoms with van der Waals surface area (Å²) in [5.41, 5.74) is 2.42. The molecule has 0 saturated carbocycles. The lowest BCUT2D eigenvalue weighted by Crippen LogP contribution is -2.28. The van der Waals surface area contributed by atoms with Gasteiger partial charge in [-0.25, -0.2) is 9.97 Å². The minimum atomic E-state index is 0.506. The molecule has 3 rings (SSSR count). The fraction of sp³-hybridized carbons (Fsp3) is 0.667. The molecular formula is C12H17N3O. The first-order chi connectivity index (χ1) is 7.93. The summed E-state index contributed by atoms with van der Waals surface area (Å²) in [6.45, 7) is 1.86. The Kier molecular flexibility index (Phi) is 2.74. The van der Waals surface area contributed by atoms with Crippen molar-refractivity contribution < 1.29 is 4.74 Å². The normalized spacial score (nSPS) is 23.4. The maximum atomic E-state index is 5.82. The molecule has 1 fully saturated rings. The van der Waals surface area contributed by atoms with Crippen LogP contribution in [-0.2, 0) is 12.8 Å². The van der Waals surface area contributed by atoms with Gasteiger partial charge in [0.15, 0.2) is 0 Å². The maximum Gasteiger partial charge on any atom is 0.219 e. The van der Waals surface area contributed by atoms with Crippen LogP contribution in [0.4, 0.5) is 0 Å². The zero-order valence-corrected chi connectivity index (χ0v) is 9.41. The lowest BCUT2D eigenvalue weighted by atomic mass is 10.2. The van der Waals surface area contributed by atoms with E-state index in [9.17, 15) is 0 Å². The van der Waals surface area contributed by atoms with Gasteiger partial charge >= 0.3 is 0 Å². The number of rotatable bonds is 3. The van der Waals surface area contributed by atoms with Crippen LogP contribution in [-0.4, -0.2) is 29.2 Å². The molecule has 1 atom stereocenters. The predicted octanol–water partition coefficient (Wildman–Crippen LogP) is 1.10. The second-order valence-corrected chi connectivity index (χ2v) is 4.56. The average Bonchev–Trinajstić information content (AvgIpc) is 2.97. The van der Waals surface area contributed by atoms with Crippen molar-refractivity contribution in [2.24, 2.45) is 0 Å². The van der Waals surface area contributed by atoms with Gasteiger partial charge in [-0.15, -0.1) is 0 Å². The molecular weight excluding hydrogens is 202 g/mol. The summed E-state index contributed by atoms with van der Waals surface area (Å²) < 4.78 is 5.82. The Bertz CT molecular complexity index is 375. The molecule has 1 aliphatic carbocycles. The van der Waals surface area contributed by atoms with Gasteiger partial charge in [0, 0.05) is 11.6 Å². The second kappa shape index (κ2) is 4.37. The van der Waals surface area contributed by atoms with Gasteiger partial charge in [-0.05, 0) is 38.6 Å². The summed E-state index contributed by atoms with van der Waals surface area (Å²) in [5.74, 6) is 0.816. The van der Waals surface area contributed by atoms with Gasteiger partial charge < -0.3 is 10.1 Å². The quantitative estimate of drug-likeness (QED) is 0.827. The van der Waals surface area contributed by atoms with Crippen LogP contribution in [0.15, 0.2) is 6.33 Å². The molecule has 0 spiro atoms. The van der Waals surface area contributed by atoms with E-state index < -0.39 is 0 Å². The molecule has 1 unspecified atom stereocenters. The van der Waals surface area contributed by atoms with Crippen LogP contribution in [0.1, 0.15) is 30.5 Å². The fourth-order valence-corrected chi connectivity index (χ4v) is 2.53. The van der Waals surface area contributed by atoms with E-state index in [0.29, 0.717) is 6.04 Å². The highest BCUT2D eigenvalue weighted by molar-refractivity contribution is 5.33. The van der Waals surface area contributed by atoms with Crippen LogP contribution < -0.4 is 10.1 Å². The summed E-state index contributed by atoms with van der Waals surface area (Å²) in [6, 6.07) is 0.506. The molecule has 4 heteroatoms. The van der Waals surface area contributed by atoms with Crippen molar-refractivity contribution in [3.05, 3.63) is 17.6 Å². The van der Waals surface area contributed by atoms with Gasteiger partial charge in [-0.3, -0.25) is 0 Å². The smallest absolute Gasteiger partial charge is 0.219 e. The number of aryl methyl sites for hydroxylation is 1. The van der Waals surface area contributed by atoms with Crippen LogP contribution in [0.3, 0.4) is 0 Å². The van der Waals surface area contributed by atoms with Crippen molar-refractivity contribution in [3.63, 3.8) is 0 Å². The van der Waals surface area contributed by atoms with Crippen molar-refractivity contribution in [1.29, 1.82) is 0 Å². The largest absolute Gasteiger partial charge is 0.476 e. The van der Waals surface area contributed by atoms with Crippen molar-refractivity contribution >= 4 is 0 Å². The summed E-state index contributed by atoms with van der Waals surface area (Å²) in [6.07, 6.45) is 7.44. The predicted molar refractivity (Wildman–Crippen MR) is 60.6 cm³/mol. The lowest BCUT2D eigenvalue weighted by Gasteiger charge is -2.13. The Morgan fingerprint density at radius 2 is 2.31 bits per heavy atom. The maximum absolute atomic E-state index is 5.82. The number of nitrogens with zero attached hydrogens (tertiary/aromatic N) is 2. The molecule has 0 bridgehead atoms. The Morgan fingerprint density at radius 3 is 3.19 bits per heavy atom. The molecule has 2 heterocycles. The number of ether oxygens (including phenoxy) is 1.